The summed E-state index contributed by atoms with van der Waals surface area (Å²) in [5, 5.41) is 13.1. The number of furan rings is 1. The van der Waals surface area contributed by atoms with Crippen molar-refractivity contribution in [2.24, 2.45) is 10.7 Å². The molecule has 2 aromatic carbocycles. The van der Waals surface area contributed by atoms with Crippen LogP contribution in [0.5, 0.6) is 0 Å². The predicted molar refractivity (Wildman–Crippen MR) is 124 cm³/mol. The predicted octanol–water partition coefficient (Wildman–Crippen LogP) is 4.66. The molecule has 0 saturated carbocycles. The van der Waals surface area contributed by atoms with Crippen molar-refractivity contribution in [2.45, 2.75) is 19.4 Å². The van der Waals surface area contributed by atoms with Gasteiger partial charge < -0.3 is 20.6 Å². The molecule has 8 heteroatoms. The first-order chi connectivity index (χ1) is 15.4. The third kappa shape index (κ3) is 4.90. The summed E-state index contributed by atoms with van der Waals surface area (Å²) in [6, 6.07) is 12.1. The van der Waals surface area contributed by atoms with E-state index in [1.807, 2.05) is 12.1 Å². The van der Waals surface area contributed by atoms with E-state index in [0.29, 0.717) is 28.6 Å². The third-order valence-electron chi connectivity index (χ3n) is 5.04. The number of nitrogens with one attached hydrogen (secondary N) is 1. The Labute approximate surface area is 188 Å². The molecule has 0 aliphatic carbocycles. The zero-order valence-electron chi connectivity index (χ0n) is 17.0. The van der Waals surface area contributed by atoms with Crippen LogP contribution >= 0.6 is 11.6 Å². The Kier molecular flexibility index (Phi) is 6.09. The monoisotopic (exact) mass is 449 g/mol. The largest absolute Gasteiger partial charge is 0.478 e. The van der Waals surface area contributed by atoms with Crippen molar-refractivity contribution >= 4 is 40.3 Å². The number of hydrogen-bond donors (Lipinski definition) is 3. The fourth-order valence-electron chi connectivity index (χ4n) is 3.33. The molecule has 0 atom stereocenters. The van der Waals surface area contributed by atoms with Crippen molar-refractivity contribution in [2.75, 3.05) is 0 Å². The lowest BCUT2D eigenvalue weighted by Gasteiger charge is -2.06. The van der Waals surface area contributed by atoms with Crippen LogP contribution in [0.1, 0.15) is 29.0 Å². The number of nitrogens with two attached hydrogens (primary N) is 1. The number of fused-ring (bicyclic) bond motifs is 1. The molecule has 1 aliphatic rings. The summed E-state index contributed by atoms with van der Waals surface area (Å²) in [4.78, 5) is 27.2. The van der Waals surface area contributed by atoms with Gasteiger partial charge >= 0.3 is 5.97 Å². The number of carboxylic acids is 1. The molecule has 0 saturated heterocycles. The third-order valence-corrected chi connectivity index (χ3v) is 5.32. The van der Waals surface area contributed by atoms with Crippen LogP contribution in [0.4, 0.5) is 0 Å². The molecule has 4 N–H and O–H groups in total. The second-order valence-corrected chi connectivity index (χ2v) is 7.75. The number of rotatable bonds is 6. The lowest BCUT2D eigenvalue weighted by Crippen LogP contribution is -2.20. The highest BCUT2D eigenvalue weighted by atomic mass is 35.5. The molecule has 162 valence electrons. The molecule has 2 heterocycles. The zero-order chi connectivity index (χ0) is 22.7. The van der Waals surface area contributed by atoms with Crippen molar-refractivity contribution < 1.29 is 19.1 Å². The average Bonchev–Trinajstić information content (AvgIpc) is 3.21. The second-order valence-electron chi connectivity index (χ2n) is 7.35. The lowest BCUT2D eigenvalue weighted by molar-refractivity contribution is -0.116. The van der Waals surface area contributed by atoms with Gasteiger partial charge in [-0.1, -0.05) is 29.8 Å². The Morgan fingerprint density at radius 2 is 1.94 bits per heavy atom. The van der Waals surface area contributed by atoms with E-state index in [0.717, 1.165) is 28.5 Å². The zero-order valence-corrected chi connectivity index (χ0v) is 17.7. The van der Waals surface area contributed by atoms with E-state index >= 15 is 0 Å². The minimum absolute atomic E-state index is 0.209. The highest BCUT2D eigenvalue weighted by Gasteiger charge is 2.12. The molecule has 1 aliphatic heterocycles. The van der Waals surface area contributed by atoms with Crippen LogP contribution in [-0.4, -0.2) is 22.8 Å². The molecule has 4 rings (SSSR count). The SMILES string of the molecule is NC1=NC=C(/C=C/C(=O)NCc2cc3cc(-c4ccc(C(=O)O)cc4)cc(Cl)c3o2)CC1. The van der Waals surface area contributed by atoms with Gasteiger partial charge in [0, 0.05) is 24.1 Å². The van der Waals surface area contributed by atoms with Gasteiger partial charge in [-0.2, -0.15) is 0 Å². The van der Waals surface area contributed by atoms with E-state index in [-0.39, 0.29) is 18.0 Å². The normalized spacial score (nSPS) is 13.8. The molecule has 0 spiro atoms. The summed E-state index contributed by atoms with van der Waals surface area (Å²) in [7, 11) is 0. The van der Waals surface area contributed by atoms with Gasteiger partial charge in [-0.3, -0.25) is 4.79 Å². The molecule has 0 radical (unpaired) electrons. The van der Waals surface area contributed by atoms with Gasteiger partial charge in [-0.25, -0.2) is 9.79 Å². The Balaban J connectivity index is 1.46. The average molecular weight is 450 g/mol. The molecule has 7 nitrogen and oxygen atoms in total. The maximum Gasteiger partial charge on any atom is 0.335 e. The van der Waals surface area contributed by atoms with Crippen molar-refractivity contribution in [3.8, 4) is 11.1 Å². The van der Waals surface area contributed by atoms with E-state index < -0.39 is 5.97 Å². The number of carboxylic acid groups (broad SMARTS) is 1. The number of benzene rings is 2. The van der Waals surface area contributed by atoms with Crippen molar-refractivity contribution in [3.05, 3.63) is 82.7 Å². The van der Waals surface area contributed by atoms with Crippen LogP contribution in [0.2, 0.25) is 5.02 Å². The molecule has 1 aromatic heterocycles. The van der Waals surface area contributed by atoms with Crippen LogP contribution in [-0.2, 0) is 11.3 Å². The number of amides is 1. The minimum atomic E-state index is -0.977. The molecular weight excluding hydrogens is 430 g/mol. The molecule has 0 unspecified atom stereocenters. The molecule has 32 heavy (non-hydrogen) atoms. The smallest absolute Gasteiger partial charge is 0.335 e. The van der Waals surface area contributed by atoms with E-state index in [1.165, 1.54) is 6.08 Å². The summed E-state index contributed by atoms with van der Waals surface area (Å²) in [6.07, 6.45) is 6.28. The van der Waals surface area contributed by atoms with Crippen molar-refractivity contribution in [3.63, 3.8) is 0 Å². The molecule has 0 fully saturated rings. The van der Waals surface area contributed by atoms with E-state index in [1.54, 1.807) is 42.6 Å². The number of aliphatic imine (C=N–C) groups is 1. The van der Waals surface area contributed by atoms with Gasteiger partial charge in [0.25, 0.3) is 0 Å². The van der Waals surface area contributed by atoms with E-state index in [9.17, 15) is 9.59 Å². The quantitative estimate of drug-likeness (QED) is 0.473. The summed E-state index contributed by atoms with van der Waals surface area (Å²) in [6.45, 7) is 0.209. The summed E-state index contributed by atoms with van der Waals surface area (Å²) in [5.41, 5.74) is 8.98. The van der Waals surface area contributed by atoms with Crippen molar-refractivity contribution in [1.82, 2.24) is 5.32 Å². The first kappa shape index (κ1) is 21.4. The number of hydrogen-bond acceptors (Lipinski definition) is 5. The van der Waals surface area contributed by atoms with Crippen molar-refractivity contribution in [1.29, 1.82) is 0 Å². The topological polar surface area (TPSA) is 118 Å². The molecule has 3 aromatic rings. The van der Waals surface area contributed by atoms with Gasteiger partial charge in [0.2, 0.25) is 5.91 Å². The number of allylic oxidation sites excluding steroid dienone is 2. The maximum absolute atomic E-state index is 12.1. The second kappa shape index (κ2) is 9.11. The first-order valence-corrected chi connectivity index (χ1v) is 10.3. The number of amidine groups is 1. The highest BCUT2D eigenvalue weighted by Crippen LogP contribution is 2.33. The summed E-state index contributed by atoms with van der Waals surface area (Å²) < 4.78 is 5.81. The van der Waals surface area contributed by atoms with Gasteiger partial charge in [0.15, 0.2) is 5.58 Å². The fraction of sp³-hybridized carbons (Fsp3) is 0.125. The van der Waals surface area contributed by atoms with Gasteiger partial charge in [-0.05, 0) is 53.5 Å². The number of halogens is 1. The van der Waals surface area contributed by atoms with E-state index in [4.69, 9.17) is 26.9 Å². The van der Waals surface area contributed by atoms with Crippen LogP contribution in [0.25, 0.3) is 22.1 Å². The Hall–Kier alpha value is -3.84. The molecule has 0 bridgehead atoms. The number of aromatic carboxylic acids is 1. The summed E-state index contributed by atoms with van der Waals surface area (Å²) in [5.74, 6) is -0.0684. The fourth-order valence-corrected chi connectivity index (χ4v) is 3.60. The van der Waals surface area contributed by atoms with Crippen LogP contribution in [0.3, 0.4) is 0 Å². The minimum Gasteiger partial charge on any atom is -0.478 e. The lowest BCUT2D eigenvalue weighted by atomic mass is 10.0. The summed E-state index contributed by atoms with van der Waals surface area (Å²) >= 11 is 6.40. The van der Waals surface area contributed by atoms with Crippen LogP contribution < -0.4 is 11.1 Å². The number of carbonyl (C=O) groups is 2. The van der Waals surface area contributed by atoms with Crippen LogP contribution in [0.15, 0.2) is 75.8 Å². The van der Waals surface area contributed by atoms with E-state index in [2.05, 4.69) is 10.3 Å². The molecular formula is C24H20ClN3O4. The Morgan fingerprint density at radius 3 is 2.62 bits per heavy atom. The standard InChI is InChI=1S/C24H20ClN3O4/c25-20-11-17(15-3-5-16(6-4-15)24(30)31)9-18-10-19(32-23(18)20)13-28-22(29)8-2-14-1-7-21(26)27-12-14/h2-6,8-12H,1,7,13H2,(H2,26,27)(H,28,29)(H,30,31)/b8-2+. The maximum atomic E-state index is 12.1. The number of nitrogens with zero attached hydrogens (tertiary/aromatic N) is 1. The Bertz CT molecular complexity index is 1290. The Morgan fingerprint density at radius 1 is 1.16 bits per heavy atom. The van der Waals surface area contributed by atoms with Gasteiger partial charge in [-0.15, -0.1) is 0 Å². The van der Waals surface area contributed by atoms with Crippen LogP contribution in [0, 0.1) is 0 Å². The van der Waals surface area contributed by atoms with Gasteiger partial charge in [0.05, 0.1) is 23.0 Å². The first-order valence-electron chi connectivity index (χ1n) is 9.92. The van der Waals surface area contributed by atoms with Gasteiger partial charge in [0.1, 0.15) is 5.76 Å². The number of carbonyl (C=O) groups excluding carboxylic acids is 1. The molecule has 1 amide bonds. The highest BCUT2D eigenvalue weighted by molar-refractivity contribution is 6.35.